The third kappa shape index (κ3) is 2.07. The first-order valence-corrected chi connectivity index (χ1v) is 6.96. The van der Waals surface area contributed by atoms with Crippen LogP contribution in [-0.2, 0) is 0 Å². The fourth-order valence-electron chi connectivity index (χ4n) is 2.70. The third-order valence-corrected chi connectivity index (χ3v) is 3.78. The zero-order valence-electron chi connectivity index (χ0n) is 11.3. The summed E-state index contributed by atoms with van der Waals surface area (Å²) in [7, 11) is 0. The Labute approximate surface area is 122 Å². The maximum absolute atomic E-state index is 12.2. The van der Waals surface area contributed by atoms with Crippen molar-refractivity contribution >= 4 is 16.7 Å². The van der Waals surface area contributed by atoms with E-state index in [1.165, 1.54) is 0 Å². The van der Waals surface area contributed by atoms with Gasteiger partial charge in [0, 0.05) is 5.39 Å². The molecule has 3 heteroatoms. The molecular weight excluding hydrogens is 262 g/mol. The van der Waals surface area contributed by atoms with Crippen molar-refractivity contribution in [2.45, 2.75) is 12.5 Å². The van der Waals surface area contributed by atoms with E-state index in [1.807, 2.05) is 60.7 Å². The zero-order chi connectivity index (χ0) is 14.2. The van der Waals surface area contributed by atoms with Gasteiger partial charge in [0.05, 0.1) is 23.2 Å². The van der Waals surface area contributed by atoms with Crippen molar-refractivity contribution in [1.29, 1.82) is 0 Å². The van der Waals surface area contributed by atoms with Crippen LogP contribution in [0.3, 0.4) is 0 Å². The first-order chi connectivity index (χ1) is 10.3. The van der Waals surface area contributed by atoms with Crippen LogP contribution >= 0.6 is 0 Å². The number of rotatable bonds is 1. The van der Waals surface area contributed by atoms with E-state index < -0.39 is 0 Å². The fourth-order valence-corrected chi connectivity index (χ4v) is 2.70. The quantitative estimate of drug-likeness (QED) is 0.675. The van der Waals surface area contributed by atoms with Crippen molar-refractivity contribution in [3.8, 4) is 5.75 Å². The van der Waals surface area contributed by atoms with Crippen LogP contribution < -0.4 is 4.74 Å². The van der Waals surface area contributed by atoms with Gasteiger partial charge in [0.25, 0.3) is 0 Å². The van der Waals surface area contributed by atoms with Crippen LogP contribution in [0.5, 0.6) is 5.75 Å². The van der Waals surface area contributed by atoms with Crippen molar-refractivity contribution < 1.29 is 9.53 Å². The molecule has 1 atom stereocenters. The summed E-state index contributed by atoms with van der Waals surface area (Å²) < 4.78 is 5.95. The number of hydrogen-bond donors (Lipinski definition) is 0. The summed E-state index contributed by atoms with van der Waals surface area (Å²) >= 11 is 0. The second kappa shape index (κ2) is 4.70. The van der Waals surface area contributed by atoms with Crippen LogP contribution in [0.25, 0.3) is 10.9 Å². The Hall–Kier alpha value is -2.68. The molecular formula is C18H13NO2. The average Bonchev–Trinajstić information content (AvgIpc) is 2.54. The standard InChI is InChI=1S/C18H13NO2/c20-16-11-18(21-17-8-4-2-6-13(16)17)15-10-9-12-5-1-3-7-14(12)19-15/h1-10,18H,11H2. The Bertz CT molecular complexity index is 841. The highest BCUT2D eigenvalue weighted by Gasteiger charge is 2.28. The number of ether oxygens (including phenoxy) is 1. The van der Waals surface area contributed by atoms with E-state index in [2.05, 4.69) is 4.98 Å². The number of Topliss-reactive ketones (excluding diaryl/α,β-unsaturated/α-hetero) is 1. The van der Waals surface area contributed by atoms with Gasteiger partial charge in [-0.2, -0.15) is 0 Å². The number of pyridine rings is 1. The molecule has 1 aliphatic heterocycles. The molecule has 0 aliphatic carbocycles. The first-order valence-electron chi connectivity index (χ1n) is 6.96. The molecule has 1 aliphatic rings. The van der Waals surface area contributed by atoms with E-state index in [0.717, 1.165) is 16.6 Å². The van der Waals surface area contributed by atoms with E-state index in [0.29, 0.717) is 17.7 Å². The lowest BCUT2D eigenvalue weighted by atomic mass is 9.98. The summed E-state index contributed by atoms with van der Waals surface area (Å²) in [5.74, 6) is 0.755. The Morgan fingerprint density at radius 3 is 2.71 bits per heavy atom. The van der Waals surface area contributed by atoms with Crippen LogP contribution in [-0.4, -0.2) is 10.8 Å². The van der Waals surface area contributed by atoms with E-state index in [9.17, 15) is 4.79 Å². The second-order valence-electron chi connectivity index (χ2n) is 5.16. The Morgan fingerprint density at radius 2 is 1.76 bits per heavy atom. The van der Waals surface area contributed by atoms with Gasteiger partial charge in [-0.05, 0) is 24.3 Å². The van der Waals surface area contributed by atoms with E-state index in [1.54, 1.807) is 0 Å². The summed E-state index contributed by atoms with van der Waals surface area (Å²) in [5, 5.41) is 1.09. The molecule has 102 valence electrons. The molecule has 4 rings (SSSR count). The Kier molecular flexibility index (Phi) is 2.71. The predicted molar refractivity (Wildman–Crippen MR) is 80.5 cm³/mol. The molecule has 0 N–H and O–H groups in total. The number of carbonyl (C=O) groups excluding carboxylic acids is 1. The Morgan fingerprint density at radius 1 is 0.952 bits per heavy atom. The molecule has 0 saturated carbocycles. The fraction of sp³-hybridized carbons (Fsp3) is 0.111. The largest absolute Gasteiger partial charge is 0.483 e. The number of para-hydroxylation sites is 2. The third-order valence-electron chi connectivity index (χ3n) is 3.78. The molecule has 21 heavy (non-hydrogen) atoms. The summed E-state index contributed by atoms with van der Waals surface area (Å²) in [6.45, 7) is 0. The summed E-state index contributed by atoms with van der Waals surface area (Å²) in [4.78, 5) is 16.9. The molecule has 3 aromatic rings. The number of aromatic nitrogens is 1. The number of carbonyl (C=O) groups is 1. The highest BCUT2D eigenvalue weighted by atomic mass is 16.5. The van der Waals surface area contributed by atoms with Gasteiger partial charge in [-0.25, -0.2) is 4.98 Å². The van der Waals surface area contributed by atoms with Crippen molar-refractivity contribution in [3.05, 3.63) is 71.9 Å². The number of fused-ring (bicyclic) bond motifs is 2. The van der Waals surface area contributed by atoms with Gasteiger partial charge in [0.2, 0.25) is 0 Å². The van der Waals surface area contributed by atoms with Gasteiger partial charge in [0.1, 0.15) is 11.9 Å². The highest BCUT2D eigenvalue weighted by molar-refractivity contribution is 6.00. The summed E-state index contributed by atoms with van der Waals surface area (Å²) in [6.07, 6.45) is 0.0273. The molecule has 0 spiro atoms. The molecule has 1 unspecified atom stereocenters. The number of benzene rings is 2. The maximum Gasteiger partial charge on any atom is 0.170 e. The van der Waals surface area contributed by atoms with Crippen molar-refractivity contribution in [2.75, 3.05) is 0 Å². The van der Waals surface area contributed by atoms with Gasteiger partial charge in [-0.1, -0.05) is 36.4 Å². The molecule has 0 bridgehead atoms. The predicted octanol–water partition coefficient (Wildman–Crippen LogP) is 3.94. The van der Waals surface area contributed by atoms with Crippen LogP contribution in [0.15, 0.2) is 60.7 Å². The van der Waals surface area contributed by atoms with Crippen LogP contribution in [0, 0.1) is 0 Å². The van der Waals surface area contributed by atoms with Crippen molar-refractivity contribution in [1.82, 2.24) is 4.98 Å². The molecule has 0 fully saturated rings. The van der Waals surface area contributed by atoms with Crippen molar-refractivity contribution in [3.63, 3.8) is 0 Å². The number of hydrogen-bond acceptors (Lipinski definition) is 3. The Balaban J connectivity index is 1.75. The van der Waals surface area contributed by atoms with Crippen molar-refractivity contribution in [2.24, 2.45) is 0 Å². The monoisotopic (exact) mass is 275 g/mol. The minimum atomic E-state index is -0.308. The smallest absolute Gasteiger partial charge is 0.170 e. The lowest BCUT2D eigenvalue weighted by Gasteiger charge is -2.24. The lowest BCUT2D eigenvalue weighted by Crippen LogP contribution is -2.21. The minimum Gasteiger partial charge on any atom is -0.483 e. The van der Waals surface area contributed by atoms with Gasteiger partial charge in [-0.3, -0.25) is 4.79 Å². The second-order valence-corrected chi connectivity index (χ2v) is 5.16. The molecule has 0 amide bonds. The molecule has 0 radical (unpaired) electrons. The van der Waals surface area contributed by atoms with Gasteiger partial charge < -0.3 is 4.74 Å². The van der Waals surface area contributed by atoms with E-state index in [-0.39, 0.29) is 11.9 Å². The van der Waals surface area contributed by atoms with Gasteiger partial charge in [-0.15, -0.1) is 0 Å². The SMILES string of the molecule is O=C1CC(c2ccc3ccccc3n2)Oc2ccccc21. The van der Waals surface area contributed by atoms with Gasteiger partial charge >= 0.3 is 0 Å². The van der Waals surface area contributed by atoms with Crippen LogP contribution in [0.1, 0.15) is 28.6 Å². The van der Waals surface area contributed by atoms with Gasteiger partial charge in [0.15, 0.2) is 5.78 Å². The minimum absolute atomic E-state index is 0.108. The molecule has 2 heterocycles. The molecule has 3 nitrogen and oxygen atoms in total. The maximum atomic E-state index is 12.2. The lowest BCUT2D eigenvalue weighted by molar-refractivity contribution is 0.0845. The highest BCUT2D eigenvalue weighted by Crippen LogP contribution is 2.34. The first kappa shape index (κ1) is 12.1. The van der Waals surface area contributed by atoms with E-state index >= 15 is 0 Å². The zero-order valence-corrected chi connectivity index (χ0v) is 11.3. The summed E-state index contributed by atoms with van der Waals surface area (Å²) in [5.41, 5.74) is 2.39. The summed E-state index contributed by atoms with van der Waals surface area (Å²) in [6, 6.07) is 19.3. The molecule has 2 aromatic carbocycles. The number of ketones is 1. The molecule has 0 saturated heterocycles. The normalized spacial score (nSPS) is 17.3. The van der Waals surface area contributed by atoms with Crippen LogP contribution in [0.4, 0.5) is 0 Å². The van der Waals surface area contributed by atoms with E-state index in [4.69, 9.17) is 4.74 Å². The van der Waals surface area contributed by atoms with Crippen LogP contribution in [0.2, 0.25) is 0 Å². The number of nitrogens with zero attached hydrogens (tertiary/aromatic N) is 1. The molecule has 1 aromatic heterocycles. The average molecular weight is 275 g/mol. The topological polar surface area (TPSA) is 39.2 Å².